The van der Waals surface area contributed by atoms with Crippen molar-refractivity contribution in [2.45, 2.75) is 51.4 Å². The van der Waals surface area contributed by atoms with Crippen molar-refractivity contribution in [3.05, 3.63) is 97.7 Å². The highest BCUT2D eigenvalue weighted by molar-refractivity contribution is 5.99. The fraction of sp³-hybridized carbons (Fsp3) is 0.364. The maximum absolute atomic E-state index is 15.5. The molecule has 0 bridgehead atoms. The maximum Gasteiger partial charge on any atom is 0.411 e. The summed E-state index contributed by atoms with van der Waals surface area (Å²) in [4.78, 5) is 57.3. The maximum atomic E-state index is 15.5. The van der Waals surface area contributed by atoms with E-state index in [1.54, 1.807) is 6.92 Å². The van der Waals surface area contributed by atoms with Crippen molar-refractivity contribution in [1.29, 1.82) is 0 Å². The highest BCUT2D eigenvalue weighted by Crippen LogP contribution is 2.33. The standard InChI is InChI=1S/C33H31F6N5O5/c1-4-5-26(45)24(41-30(46)28-17(2)10-19(14-21(28)34)43-8-9-49-16-27(43)33(37,38)39)13-18-11-22(35)29(23(36)12-18)44-31(47)20-6-7-40-15-25(20)42(3)32(44)48/h6-7,10-12,14-15,24,27H,4-5,8-9,13,16H2,1-3H3,(H,41,46)/t24-,27+/m0/s1. The third-order valence-electron chi connectivity index (χ3n) is 8.34. The minimum atomic E-state index is -4.66. The minimum absolute atomic E-state index is 0.0127. The van der Waals surface area contributed by atoms with Crippen molar-refractivity contribution in [2.24, 2.45) is 7.05 Å². The van der Waals surface area contributed by atoms with Gasteiger partial charge in [-0.15, -0.1) is 0 Å². The van der Waals surface area contributed by atoms with Gasteiger partial charge in [-0.3, -0.25) is 23.9 Å². The first-order valence-electron chi connectivity index (χ1n) is 15.2. The molecule has 16 heteroatoms. The molecule has 1 aliphatic rings. The second-order valence-electron chi connectivity index (χ2n) is 11.7. The van der Waals surface area contributed by atoms with Gasteiger partial charge in [0, 0.05) is 31.9 Å². The second kappa shape index (κ2) is 13.9. The molecular formula is C33H31F6N5O5. The molecule has 0 radical (unpaired) electrons. The molecule has 0 unspecified atom stereocenters. The van der Waals surface area contributed by atoms with E-state index in [-0.39, 0.29) is 47.3 Å². The molecule has 4 aromatic rings. The summed E-state index contributed by atoms with van der Waals surface area (Å²) in [6, 6.07) is 1.54. The smallest absolute Gasteiger partial charge is 0.377 e. The Morgan fingerprint density at radius 2 is 1.78 bits per heavy atom. The number of hydrogen-bond acceptors (Lipinski definition) is 7. The van der Waals surface area contributed by atoms with Gasteiger partial charge in [-0.1, -0.05) is 6.92 Å². The summed E-state index contributed by atoms with van der Waals surface area (Å²) in [5.74, 6) is -5.34. The number of nitrogens with zero attached hydrogens (tertiary/aromatic N) is 4. The Kier molecular flexibility index (Phi) is 9.99. The number of hydrogen-bond donors (Lipinski definition) is 1. The van der Waals surface area contributed by atoms with E-state index in [0.29, 0.717) is 11.0 Å². The summed E-state index contributed by atoms with van der Waals surface area (Å²) in [6.45, 7) is 2.17. The second-order valence-corrected chi connectivity index (χ2v) is 11.7. The van der Waals surface area contributed by atoms with Crippen LogP contribution in [0.2, 0.25) is 0 Å². The van der Waals surface area contributed by atoms with Crippen LogP contribution in [-0.2, 0) is 23.0 Å². The van der Waals surface area contributed by atoms with Crippen LogP contribution >= 0.6 is 0 Å². The van der Waals surface area contributed by atoms with E-state index in [1.807, 2.05) is 0 Å². The van der Waals surface area contributed by atoms with E-state index in [4.69, 9.17) is 4.74 Å². The topological polar surface area (TPSA) is 116 Å². The van der Waals surface area contributed by atoms with Gasteiger partial charge in [-0.25, -0.2) is 22.5 Å². The van der Waals surface area contributed by atoms with Gasteiger partial charge in [-0.2, -0.15) is 13.2 Å². The van der Waals surface area contributed by atoms with Crippen LogP contribution < -0.4 is 21.5 Å². The molecule has 1 fully saturated rings. The highest BCUT2D eigenvalue weighted by Gasteiger charge is 2.45. The van der Waals surface area contributed by atoms with Crippen LogP contribution in [0, 0.1) is 24.4 Å². The van der Waals surface area contributed by atoms with Gasteiger partial charge in [0.2, 0.25) is 0 Å². The Morgan fingerprint density at radius 1 is 1.08 bits per heavy atom. The lowest BCUT2D eigenvalue weighted by Crippen LogP contribution is -2.53. The molecule has 10 nitrogen and oxygen atoms in total. The monoisotopic (exact) mass is 691 g/mol. The Morgan fingerprint density at radius 3 is 2.41 bits per heavy atom. The minimum Gasteiger partial charge on any atom is -0.377 e. The van der Waals surface area contributed by atoms with Crippen molar-refractivity contribution < 1.29 is 40.7 Å². The third-order valence-corrected chi connectivity index (χ3v) is 8.34. The van der Waals surface area contributed by atoms with Crippen molar-refractivity contribution in [3.8, 4) is 5.69 Å². The molecule has 2 aromatic carbocycles. The van der Waals surface area contributed by atoms with Crippen LogP contribution in [0.5, 0.6) is 0 Å². The van der Waals surface area contributed by atoms with Gasteiger partial charge >= 0.3 is 11.9 Å². The van der Waals surface area contributed by atoms with E-state index < -0.39 is 82.9 Å². The number of anilines is 1. The number of halogens is 6. The zero-order valence-corrected chi connectivity index (χ0v) is 26.5. The van der Waals surface area contributed by atoms with Gasteiger partial charge in [0.25, 0.3) is 11.5 Å². The summed E-state index contributed by atoms with van der Waals surface area (Å²) in [6.07, 6.45) is -2.28. The lowest BCUT2D eigenvalue weighted by atomic mass is 9.97. The molecule has 3 heterocycles. The Bertz CT molecular complexity index is 2010. The number of nitrogens with one attached hydrogen (secondary N) is 1. The molecule has 5 rings (SSSR count). The van der Waals surface area contributed by atoms with Crippen LogP contribution in [-0.4, -0.2) is 63.8 Å². The number of aryl methyl sites for hydroxylation is 2. The molecule has 0 saturated carbocycles. The average Bonchev–Trinajstić information content (AvgIpc) is 3.04. The van der Waals surface area contributed by atoms with E-state index in [1.165, 1.54) is 38.5 Å². The van der Waals surface area contributed by atoms with E-state index in [0.717, 1.165) is 27.7 Å². The largest absolute Gasteiger partial charge is 0.411 e. The van der Waals surface area contributed by atoms with Gasteiger partial charge < -0.3 is 15.0 Å². The number of fused-ring (bicyclic) bond motifs is 1. The first-order valence-corrected chi connectivity index (χ1v) is 15.2. The lowest BCUT2D eigenvalue weighted by molar-refractivity contribution is -0.167. The molecule has 2 aromatic heterocycles. The van der Waals surface area contributed by atoms with Gasteiger partial charge in [0.15, 0.2) is 17.4 Å². The van der Waals surface area contributed by atoms with Crippen molar-refractivity contribution in [1.82, 2.24) is 19.4 Å². The normalized spacial score (nSPS) is 15.8. The number of benzene rings is 2. The molecule has 1 saturated heterocycles. The van der Waals surface area contributed by atoms with Crippen LogP contribution in [0.4, 0.5) is 32.0 Å². The van der Waals surface area contributed by atoms with Gasteiger partial charge in [-0.05, 0) is 61.2 Å². The molecule has 260 valence electrons. The fourth-order valence-electron chi connectivity index (χ4n) is 5.94. The number of alkyl halides is 3. The first-order chi connectivity index (χ1) is 23.1. The number of ketones is 1. The van der Waals surface area contributed by atoms with Gasteiger partial charge in [0.1, 0.15) is 17.5 Å². The van der Waals surface area contributed by atoms with Crippen molar-refractivity contribution in [2.75, 3.05) is 24.7 Å². The lowest BCUT2D eigenvalue weighted by Gasteiger charge is -2.38. The number of morpholine rings is 1. The number of rotatable bonds is 9. The Hall–Kier alpha value is -4.99. The predicted octanol–water partition coefficient (Wildman–Crippen LogP) is 4.29. The summed E-state index contributed by atoms with van der Waals surface area (Å²) >= 11 is 0. The Labute approximate surface area is 274 Å². The van der Waals surface area contributed by atoms with Crippen LogP contribution in [0.1, 0.15) is 41.3 Å². The van der Waals surface area contributed by atoms with Crippen molar-refractivity contribution >= 4 is 28.3 Å². The molecular weight excluding hydrogens is 660 g/mol. The number of pyridine rings is 1. The fourth-order valence-corrected chi connectivity index (χ4v) is 5.94. The van der Waals surface area contributed by atoms with E-state index in [2.05, 4.69) is 10.3 Å². The SMILES string of the molecule is CCCC(=O)[C@H](Cc1cc(F)c(-n2c(=O)c3ccncc3n(C)c2=O)c(F)c1)NC(=O)c1c(C)cc(N2CCOC[C@@H]2C(F)(F)F)cc1F. The molecule has 0 aliphatic carbocycles. The molecule has 0 spiro atoms. The number of carbonyl (C=O) groups excluding carboxylic acids is 2. The third kappa shape index (κ3) is 6.95. The highest BCUT2D eigenvalue weighted by atomic mass is 19.4. The number of aromatic nitrogens is 3. The van der Waals surface area contributed by atoms with E-state index >= 15 is 13.2 Å². The summed E-state index contributed by atoms with van der Waals surface area (Å²) in [5, 5.41) is 2.39. The summed E-state index contributed by atoms with van der Waals surface area (Å²) < 4.78 is 93.7. The molecule has 1 amide bonds. The van der Waals surface area contributed by atoms with Crippen molar-refractivity contribution in [3.63, 3.8) is 0 Å². The predicted molar refractivity (Wildman–Crippen MR) is 167 cm³/mol. The summed E-state index contributed by atoms with van der Waals surface area (Å²) in [7, 11) is 1.30. The number of carbonyl (C=O) groups is 2. The Balaban J connectivity index is 1.45. The zero-order valence-electron chi connectivity index (χ0n) is 26.5. The molecule has 1 aliphatic heterocycles. The summed E-state index contributed by atoms with van der Waals surface area (Å²) in [5.41, 5.74) is -3.59. The van der Waals surface area contributed by atoms with Crippen LogP contribution in [0.25, 0.3) is 16.6 Å². The number of amides is 1. The first kappa shape index (κ1) is 35.3. The zero-order chi connectivity index (χ0) is 35.8. The molecule has 49 heavy (non-hydrogen) atoms. The quantitative estimate of drug-likeness (QED) is 0.261. The molecule has 1 N–H and O–H groups in total. The number of ether oxygens (including phenoxy) is 1. The van der Waals surface area contributed by atoms with Crippen LogP contribution in [0.15, 0.2) is 52.3 Å². The van der Waals surface area contributed by atoms with Gasteiger partial charge in [0.05, 0.1) is 41.9 Å². The molecule has 2 atom stereocenters. The van der Waals surface area contributed by atoms with Crippen LogP contribution in [0.3, 0.4) is 0 Å². The number of Topliss-reactive ketones (excluding diaryl/α,β-unsaturated/α-hetero) is 1. The van der Waals surface area contributed by atoms with E-state index in [9.17, 15) is 32.3 Å². The average molecular weight is 692 g/mol.